The van der Waals surface area contributed by atoms with E-state index in [1.807, 2.05) is 12.1 Å². The minimum Gasteiger partial charge on any atom is -0.457 e. The van der Waals surface area contributed by atoms with Gasteiger partial charge in [-0.05, 0) is 75.8 Å². The maximum Gasteiger partial charge on any atom is 0.235 e. The summed E-state index contributed by atoms with van der Waals surface area (Å²) in [6.45, 7) is 0. The van der Waals surface area contributed by atoms with Crippen molar-refractivity contribution in [2.24, 2.45) is 0 Å². The molecule has 1 unspecified atom stereocenters. The summed E-state index contributed by atoms with van der Waals surface area (Å²) in [4.78, 5) is 10.7. The molecule has 0 N–H and O–H groups in total. The van der Waals surface area contributed by atoms with E-state index in [0.717, 1.165) is 72.5 Å². The van der Waals surface area contributed by atoms with Crippen LogP contribution in [-0.2, 0) is 5.41 Å². The third-order valence-electron chi connectivity index (χ3n) is 11.9. The predicted molar refractivity (Wildman–Crippen MR) is 230 cm³/mol. The average molecular weight is 728 g/mol. The lowest BCUT2D eigenvalue weighted by atomic mass is 9.65. The number of benzene rings is 8. The van der Waals surface area contributed by atoms with Gasteiger partial charge in [0.15, 0.2) is 0 Å². The monoisotopic (exact) mass is 727 g/mol. The molecule has 1 aliphatic carbocycles. The highest BCUT2D eigenvalue weighted by Crippen LogP contribution is 2.63. The van der Waals surface area contributed by atoms with Gasteiger partial charge in [0.1, 0.15) is 11.5 Å². The number of hydrogen-bond donors (Lipinski definition) is 0. The van der Waals surface area contributed by atoms with E-state index >= 15 is 0 Å². The van der Waals surface area contributed by atoms with Crippen LogP contribution in [0.2, 0.25) is 0 Å². The Morgan fingerprint density at radius 2 is 0.965 bits per heavy atom. The molecule has 8 aromatic carbocycles. The van der Waals surface area contributed by atoms with Crippen molar-refractivity contribution >= 4 is 21.8 Å². The molecule has 1 atom stereocenters. The van der Waals surface area contributed by atoms with Gasteiger partial charge in [0.2, 0.25) is 5.95 Å². The van der Waals surface area contributed by atoms with Crippen LogP contribution in [-0.4, -0.2) is 14.5 Å². The van der Waals surface area contributed by atoms with Crippen LogP contribution in [0, 0.1) is 0 Å². The molecule has 0 fully saturated rings. The molecule has 266 valence electrons. The third-order valence-corrected chi connectivity index (χ3v) is 11.9. The number of fused-ring (bicyclic) bond motifs is 12. The van der Waals surface area contributed by atoms with Gasteiger partial charge in [-0.1, -0.05) is 158 Å². The first-order valence-electron chi connectivity index (χ1n) is 19.4. The Morgan fingerprint density at radius 1 is 0.368 bits per heavy atom. The fourth-order valence-corrected chi connectivity index (χ4v) is 9.43. The molecule has 0 bridgehead atoms. The predicted octanol–water partition coefficient (Wildman–Crippen LogP) is 13.0. The Morgan fingerprint density at radius 3 is 1.70 bits per heavy atom. The largest absolute Gasteiger partial charge is 0.457 e. The molecule has 1 spiro atoms. The van der Waals surface area contributed by atoms with Crippen molar-refractivity contribution < 1.29 is 4.74 Å². The number of para-hydroxylation sites is 2. The Kier molecular flexibility index (Phi) is 6.81. The molecule has 3 heterocycles. The number of hydrogen-bond acceptors (Lipinski definition) is 3. The van der Waals surface area contributed by atoms with Crippen molar-refractivity contribution in [1.82, 2.24) is 14.5 Å². The average Bonchev–Trinajstić information content (AvgIpc) is 3.76. The van der Waals surface area contributed by atoms with Gasteiger partial charge in [-0.25, -0.2) is 9.97 Å². The Hall–Kier alpha value is -7.56. The van der Waals surface area contributed by atoms with Crippen LogP contribution in [0.4, 0.5) is 0 Å². The van der Waals surface area contributed by atoms with Crippen LogP contribution >= 0.6 is 0 Å². The van der Waals surface area contributed by atoms with E-state index in [1.54, 1.807) is 0 Å². The molecule has 10 aromatic rings. The van der Waals surface area contributed by atoms with Crippen LogP contribution in [0.15, 0.2) is 200 Å². The Labute approximate surface area is 330 Å². The van der Waals surface area contributed by atoms with Crippen molar-refractivity contribution in [3.63, 3.8) is 0 Å². The molecule has 12 rings (SSSR count). The Balaban J connectivity index is 1.20. The zero-order chi connectivity index (χ0) is 37.5. The first-order valence-corrected chi connectivity index (χ1v) is 19.4. The fourth-order valence-electron chi connectivity index (χ4n) is 9.43. The summed E-state index contributed by atoms with van der Waals surface area (Å²) in [6.07, 6.45) is 0. The van der Waals surface area contributed by atoms with Crippen LogP contribution in [0.3, 0.4) is 0 Å². The molecule has 4 nitrogen and oxygen atoms in total. The lowest BCUT2D eigenvalue weighted by molar-refractivity contribution is 0.436. The summed E-state index contributed by atoms with van der Waals surface area (Å²) in [5, 5.41) is 2.31. The van der Waals surface area contributed by atoms with Crippen LogP contribution in [0.5, 0.6) is 11.5 Å². The summed E-state index contributed by atoms with van der Waals surface area (Å²) in [7, 11) is 0. The van der Waals surface area contributed by atoms with Gasteiger partial charge in [-0.15, -0.1) is 0 Å². The van der Waals surface area contributed by atoms with Gasteiger partial charge in [0, 0.05) is 33.0 Å². The van der Waals surface area contributed by atoms with Gasteiger partial charge >= 0.3 is 0 Å². The summed E-state index contributed by atoms with van der Waals surface area (Å²) >= 11 is 0. The molecule has 0 amide bonds. The van der Waals surface area contributed by atoms with Gasteiger partial charge in [-0.3, -0.25) is 4.57 Å². The normalized spacial score (nSPS) is 14.9. The molecular formula is C53H33N3O. The topological polar surface area (TPSA) is 39.9 Å². The van der Waals surface area contributed by atoms with Gasteiger partial charge in [-0.2, -0.15) is 0 Å². The second-order valence-electron chi connectivity index (χ2n) is 14.9. The van der Waals surface area contributed by atoms with E-state index in [1.165, 1.54) is 27.8 Å². The minimum atomic E-state index is -0.654. The van der Waals surface area contributed by atoms with Crippen molar-refractivity contribution in [2.75, 3.05) is 0 Å². The molecule has 57 heavy (non-hydrogen) atoms. The Bertz CT molecular complexity index is 3150. The summed E-state index contributed by atoms with van der Waals surface area (Å²) in [5.41, 5.74) is 14.8. The second kappa shape index (κ2) is 12.2. The number of rotatable bonds is 4. The lowest BCUT2D eigenvalue weighted by Crippen LogP contribution is -2.32. The third kappa shape index (κ3) is 4.62. The molecular weight excluding hydrogens is 695 g/mol. The maximum absolute atomic E-state index is 6.80. The maximum atomic E-state index is 6.80. The molecule has 0 radical (unpaired) electrons. The molecule has 0 saturated carbocycles. The highest BCUT2D eigenvalue weighted by atomic mass is 16.5. The summed E-state index contributed by atoms with van der Waals surface area (Å²) in [5.74, 6) is 2.36. The second-order valence-corrected chi connectivity index (χ2v) is 14.9. The van der Waals surface area contributed by atoms with E-state index in [2.05, 4.69) is 193 Å². The quantitative estimate of drug-likeness (QED) is 0.181. The van der Waals surface area contributed by atoms with E-state index in [-0.39, 0.29) is 0 Å². The summed E-state index contributed by atoms with van der Waals surface area (Å²) in [6, 6.07) is 71.2. The van der Waals surface area contributed by atoms with E-state index < -0.39 is 5.41 Å². The van der Waals surface area contributed by atoms with E-state index in [4.69, 9.17) is 14.7 Å². The zero-order valence-electron chi connectivity index (χ0n) is 30.8. The van der Waals surface area contributed by atoms with Crippen molar-refractivity contribution in [2.45, 2.75) is 5.41 Å². The number of nitrogens with zero attached hydrogens (tertiary/aromatic N) is 3. The lowest BCUT2D eigenvalue weighted by Gasteiger charge is -2.39. The van der Waals surface area contributed by atoms with Gasteiger partial charge < -0.3 is 4.74 Å². The SMILES string of the molecule is c1ccc(-c2ccc3c(c2)C2(c4ccccc4O3)c3ccccc3-c3cc4c5ccccc5n(-c5nc(-c6ccccc6)cc(-c6ccccc6)n5)c4cc32)cc1. The molecule has 4 heteroatoms. The molecule has 1 aliphatic heterocycles. The molecule has 0 saturated heterocycles. The van der Waals surface area contributed by atoms with E-state index in [9.17, 15) is 0 Å². The van der Waals surface area contributed by atoms with Gasteiger partial charge in [0.05, 0.1) is 27.8 Å². The van der Waals surface area contributed by atoms with E-state index in [0.29, 0.717) is 5.95 Å². The van der Waals surface area contributed by atoms with Crippen LogP contribution in [0.25, 0.3) is 72.5 Å². The zero-order valence-corrected chi connectivity index (χ0v) is 30.8. The standard InChI is InChI=1S/C53H33N3O/c1-4-16-34(17-5-1)37-28-29-51-45(30-37)53(43-25-13-15-27-50(43)57-51)42-24-12-10-22-38(42)40-31-41-39-23-11-14-26-48(39)56(49(41)32-44(40)53)52-54-46(35-18-6-2-7-19-35)33-47(55-52)36-20-8-3-9-21-36/h1-33H. The highest BCUT2D eigenvalue weighted by Gasteiger charge is 2.51. The van der Waals surface area contributed by atoms with Crippen molar-refractivity contribution in [1.29, 1.82) is 0 Å². The first kappa shape index (κ1) is 31.8. The van der Waals surface area contributed by atoms with Crippen molar-refractivity contribution in [3.8, 4) is 62.2 Å². The highest BCUT2D eigenvalue weighted by molar-refractivity contribution is 6.12. The van der Waals surface area contributed by atoms with Crippen LogP contribution in [0.1, 0.15) is 22.3 Å². The molecule has 2 aromatic heterocycles. The smallest absolute Gasteiger partial charge is 0.235 e. The molecule has 2 aliphatic rings. The number of ether oxygens (including phenoxy) is 1. The fraction of sp³-hybridized carbons (Fsp3) is 0.0189. The van der Waals surface area contributed by atoms with Crippen LogP contribution < -0.4 is 4.74 Å². The van der Waals surface area contributed by atoms with Crippen molar-refractivity contribution in [3.05, 3.63) is 222 Å². The number of aromatic nitrogens is 3. The first-order chi connectivity index (χ1) is 28.3. The van der Waals surface area contributed by atoms with Gasteiger partial charge in [0.25, 0.3) is 0 Å². The summed E-state index contributed by atoms with van der Waals surface area (Å²) < 4.78 is 9.07. The minimum absolute atomic E-state index is 0.630.